The molecule has 1 aliphatic carbocycles. The number of nitriles is 1. The molecule has 8 nitrogen and oxygen atoms in total. The highest BCUT2D eigenvalue weighted by Crippen LogP contribution is 2.40. The fourth-order valence-corrected chi connectivity index (χ4v) is 4.79. The second kappa shape index (κ2) is 8.91. The first-order chi connectivity index (χ1) is 16.9. The van der Waals surface area contributed by atoms with Gasteiger partial charge in [-0.05, 0) is 62.9 Å². The number of nitrogens with zero attached hydrogens (tertiary/aromatic N) is 4. The van der Waals surface area contributed by atoms with E-state index in [1.165, 1.54) is 0 Å². The summed E-state index contributed by atoms with van der Waals surface area (Å²) in [7, 11) is 2.01. The molecule has 0 spiro atoms. The molecule has 35 heavy (non-hydrogen) atoms. The highest BCUT2D eigenvalue weighted by Gasteiger charge is 2.38. The number of hydrogen-bond acceptors (Lipinski definition) is 7. The van der Waals surface area contributed by atoms with E-state index in [2.05, 4.69) is 26.3 Å². The molecular weight excluding hydrogens is 442 g/mol. The van der Waals surface area contributed by atoms with Crippen LogP contribution in [0.25, 0.3) is 11.3 Å². The number of aromatic nitrogens is 2. The summed E-state index contributed by atoms with van der Waals surface area (Å²) in [6, 6.07) is 15.6. The fourth-order valence-electron chi connectivity index (χ4n) is 4.79. The average Bonchev–Trinajstić information content (AvgIpc) is 3.21. The smallest absolute Gasteiger partial charge is 0.309 e. The van der Waals surface area contributed by atoms with Crippen molar-refractivity contribution in [2.24, 2.45) is 5.41 Å². The minimum atomic E-state index is -0.732. The van der Waals surface area contributed by atoms with Gasteiger partial charge in [0, 0.05) is 36.6 Å². The lowest BCUT2D eigenvalue weighted by atomic mass is 9.75. The van der Waals surface area contributed by atoms with E-state index in [9.17, 15) is 9.90 Å². The Morgan fingerprint density at radius 1 is 1.17 bits per heavy atom. The van der Waals surface area contributed by atoms with Crippen molar-refractivity contribution in [3.05, 3.63) is 66.0 Å². The second-order valence-corrected chi connectivity index (χ2v) is 9.55. The van der Waals surface area contributed by atoms with Crippen molar-refractivity contribution in [1.29, 1.82) is 5.26 Å². The second-order valence-electron chi connectivity index (χ2n) is 9.55. The summed E-state index contributed by atoms with van der Waals surface area (Å²) in [5.74, 6) is -0.189. The highest BCUT2D eigenvalue weighted by molar-refractivity contribution is 5.78. The lowest BCUT2D eigenvalue weighted by Crippen LogP contribution is -2.36. The molecule has 0 radical (unpaired) electrons. The van der Waals surface area contributed by atoms with E-state index in [0.717, 1.165) is 28.2 Å². The third kappa shape index (κ3) is 4.37. The Hall–Kier alpha value is -4.12. The molecule has 2 aliphatic rings. The van der Waals surface area contributed by atoms with Crippen LogP contribution in [0.2, 0.25) is 0 Å². The zero-order valence-corrected chi connectivity index (χ0v) is 19.7. The van der Waals surface area contributed by atoms with Crippen LogP contribution >= 0.6 is 0 Å². The first-order valence-electron chi connectivity index (χ1n) is 11.7. The number of carboxylic acids is 1. The van der Waals surface area contributed by atoms with Gasteiger partial charge in [-0.25, -0.2) is 4.98 Å². The summed E-state index contributed by atoms with van der Waals surface area (Å²) in [6.45, 7) is 1.81. The number of hydrogen-bond donors (Lipinski definition) is 2. The molecule has 0 saturated heterocycles. The van der Waals surface area contributed by atoms with Crippen molar-refractivity contribution in [2.45, 2.75) is 44.9 Å². The highest BCUT2D eigenvalue weighted by atomic mass is 16.5. The first kappa shape index (κ1) is 22.7. The van der Waals surface area contributed by atoms with Gasteiger partial charge in [0.1, 0.15) is 12.3 Å². The van der Waals surface area contributed by atoms with Gasteiger partial charge in [0.05, 0.1) is 34.1 Å². The summed E-state index contributed by atoms with van der Waals surface area (Å²) < 4.78 is 6.01. The third-order valence-electron chi connectivity index (χ3n) is 7.16. The summed E-state index contributed by atoms with van der Waals surface area (Å²) in [5.41, 5.74) is 4.67. The maximum absolute atomic E-state index is 11.4. The van der Waals surface area contributed by atoms with E-state index in [1.807, 2.05) is 55.7 Å². The van der Waals surface area contributed by atoms with Gasteiger partial charge in [-0.1, -0.05) is 6.07 Å². The lowest BCUT2D eigenvalue weighted by molar-refractivity contribution is -0.150. The molecule has 8 heteroatoms. The number of rotatable bonds is 5. The van der Waals surface area contributed by atoms with Crippen LogP contribution in [0.3, 0.4) is 0 Å². The third-order valence-corrected chi connectivity index (χ3v) is 7.16. The van der Waals surface area contributed by atoms with E-state index in [1.54, 1.807) is 13.1 Å². The Kier molecular flexibility index (Phi) is 5.77. The quantitative estimate of drug-likeness (QED) is 0.538. The monoisotopic (exact) mass is 469 g/mol. The molecule has 3 aromatic rings. The Morgan fingerprint density at radius 3 is 2.60 bits per heavy atom. The Bertz CT molecular complexity index is 1280. The van der Waals surface area contributed by atoms with Crippen LogP contribution in [0.5, 0.6) is 5.88 Å². The van der Waals surface area contributed by atoms with Crippen LogP contribution in [-0.4, -0.2) is 34.2 Å². The number of benzene rings is 1. The molecule has 1 atom stereocenters. The van der Waals surface area contributed by atoms with Crippen molar-refractivity contribution < 1.29 is 14.6 Å². The summed E-state index contributed by atoms with van der Waals surface area (Å²) in [4.78, 5) is 22.7. The topological polar surface area (TPSA) is 111 Å². The molecule has 1 aromatic carbocycles. The minimum absolute atomic E-state index is 0.0116. The average molecular weight is 470 g/mol. The van der Waals surface area contributed by atoms with E-state index < -0.39 is 11.4 Å². The number of fused-ring (bicyclic) bond motifs is 1. The van der Waals surface area contributed by atoms with Crippen molar-refractivity contribution in [3.8, 4) is 23.2 Å². The van der Waals surface area contributed by atoms with Crippen molar-refractivity contribution in [3.63, 3.8) is 0 Å². The molecule has 1 saturated carbocycles. The summed E-state index contributed by atoms with van der Waals surface area (Å²) in [5, 5.41) is 22.0. The van der Waals surface area contributed by atoms with Crippen LogP contribution in [0, 0.1) is 16.7 Å². The molecule has 5 rings (SSSR count). The first-order valence-corrected chi connectivity index (χ1v) is 11.7. The van der Waals surface area contributed by atoms with Gasteiger partial charge in [0.25, 0.3) is 0 Å². The van der Waals surface area contributed by atoms with E-state index >= 15 is 0 Å². The molecule has 178 valence electrons. The predicted octanol–water partition coefficient (Wildman–Crippen LogP) is 4.99. The molecule has 0 amide bonds. The Morgan fingerprint density at radius 2 is 1.97 bits per heavy atom. The van der Waals surface area contributed by atoms with Crippen LogP contribution in [0.4, 0.5) is 11.4 Å². The van der Waals surface area contributed by atoms with Crippen LogP contribution in [0.15, 0.2) is 54.9 Å². The van der Waals surface area contributed by atoms with E-state index in [0.29, 0.717) is 37.1 Å². The zero-order valence-electron chi connectivity index (χ0n) is 19.7. The van der Waals surface area contributed by atoms with E-state index in [-0.39, 0.29) is 12.3 Å². The van der Waals surface area contributed by atoms with Gasteiger partial charge in [-0.2, -0.15) is 5.26 Å². The van der Waals surface area contributed by atoms with E-state index in [4.69, 9.17) is 10.00 Å². The van der Waals surface area contributed by atoms with Crippen molar-refractivity contribution >= 4 is 17.3 Å². The maximum atomic E-state index is 11.4. The number of pyridine rings is 2. The van der Waals surface area contributed by atoms with Crippen LogP contribution in [-0.2, 0) is 4.79 Å². The Labute approximate surface area is 204 Å². The minimum Gasteiger partial charge on any atom is -0.481 e. The molecule has 1 unspecified atom stereocenters. The fraction of sp³-hybridized carbons (Fsp3) is 0.333. The number of nitrogens with one attached hydrogen (secondary N) is 1. The van der Waals surface area contributed by atoms with Gasteiger partial charge in [-0.15, -0.1) is 0 Å². The molecule has 1 fully saturated rings. The standard InChI is InChI=1S/C27H27N5O3/c1-27(26(33)34)11-9-20(10-12-27)35-24-8-5-18(15-30-24)21-6-4-19(16-29-21)25-31-22-13-17(14-28)3-7-23(22)32(25)2/h3-8,13,15-16,20,25,31H,9-12H2,1-2H3,(H,33,34). The predicted molar refractivity (Wildman–Crippen MR) is 132 cm³/mol. The van der Waals surface area contributed by atoms with Crippen molar-refractivity contribution in [2.75, 3.05) is 17.3 Å². The number of carboxylic acid groups (broad SMARTS) is 1. The summed E-state index contributed by atoms with van der Waals surface area (Å²) >= 11 is 0. The van der Waals surface area contributed by atoms with Crippen molar-refractivity contribution in [1.82, 2.24) is 9.97 Å². The molecule has 1 aliphatic heterocycles. The molecule has 2 N–H and O–H groups in total. The SMILES string of the molecule is CN1c2ccc(C#N)cc2NC1c1ccc(-c2ccc(OC3CCC(C)(C(=O)O)CC3)nc2)nc1. The number of carbonyl (C=O) groups is 1. The van der Waals surface area contributed by atoms with Gasteiger partial charge < -0.3 is 20.1 Å². The number of aliphatic carboxylic acids is 1. The summed E-state index contributed by atoms with van der Waals surface area (Å²) in [6.07, 6.45) is 6.16. The molecular formula is C27H27N5O3. The van der Waals surface area contributed by atoms with Gasteiger partial charge >= 0.3 is 5.97 Å². The lowest BCUT2D eigenvalue weighted by Gasteiger charge is -2.33. The molecule has 3 heterocycles. The van der Waals surface area contributed by atoms with Crippen LogP contribution < -0.4 is 15.0 Å². The largest absolute Gasteiger partial charge is 0.481 e. The van der Waals surface area contributed by atoms with Gasteiger partial charge in [-0.3, -0.25) is 9.78 Å². The molecule has 0 bridgehead atoms. The number of anilines is 2. The van der Waals surface area contributed by atoms with Gasteiger partial charge in [0.2, 0.25) is 5.88 Å². The maximum Gasteiger partial charge on any atom is 0.309 e. The molecule has 2 aromatic heterocycles. The van der Waals surface area contributed by atoms with Crippen LogP contribution in [0.1, 0.15) is 49.9 Å². The van der Waals surface area contributed by atoms with Gasteiger partial charge in [0.15, 0.2) is 0 Å². The zero-order chi connectivity index (χ0) is 24.6. The normalized spacial score (nSPS) is 23.2. The Balaban J connectivity index is 1.23. The number of ether oxygens (including phenoxy) is 1.